The van der Waals surface area contributed by atoms with Gasteiger partial charge in [-0.25, -0.2) is 8.42 Å². The van der Waals surface area contributed by atoms with Crippen molar-refractivity contribution in [3.8, 4) is 0 Å². The van der Waals surface area contributed by atoms with Gasteiger partial charge < -0.3 is 5.32 Å². The molecule has 8 heteroatoms. The quantitative estimate of drug-likeness (QED) is 0.673. The van der Waals surface area contributed by atoms with Gasteiger partial charge in [-0.05, 0) is 53.3 Å². The van der Waals surface area contributed by atoms with Crippen LogP contribution in [0.1, 0.15) is 11.1 Å². The molecule has 144 valence electrons. The van der Waals surface area contributed by atoms with E-state index in [1.165, 1.54) is 4.31 Å². The summed E-state index contributed by atoms with van der Waals surface area (Å²) in [5.41, 5.74) is 2.47. The van der Waals surface area contributed by atoms with Gasteiger partial charge in [-0.2, -0.15) is 4.31 Å². The number of hydrogen-bond acceptors (Lipinski definition) is 4. The van der Waals surface area contributed by atoms with E-state index in [2.05, 4.69) is 5.32 Å². The molecule has 0 bridgehead atoms. The summed E-state index contributed by atoms with van der Waals surface area (Å²) in [6, 6.07) is 16.8. The maximum Gasteiger partial charge on any atom is 0.253 e. The number of rotatable bonds is 4. The zero-order valence-corrected chi connectivity index (χ0v) is 17.1. The third kappa shape index (κ3) is 3.71. The lowest BCUT2D eigenvalue weighted by atomic mass is 9.95. The van der Waals surface area contributed by atoms with Gasteiger partial charge in [0.2, 0.25) is 5.91 Å². The number of sulfonamides is 1. The van der Waals surface area contributed by atoms with Gasteiger partial charge in [0.15, 0.2) is 0 Å². The molecule has 1 N–H and O–H groups in total. The number of anilines is 1. The minimum Gasteiger partial charge on any atom is -0.325 e. The van der Waals surface area contributed by atoms with Crippen molar-refractivity contribution < 1.29 is 13.2 Å². The van der Waals surface area contributed by atoms with Crippen LogP contribution in [0.25, 0.3) is 0 Å². The van der Waals surface area contributed by atoms with Crippen molar-refractivity contribution in [2.75, 3.05) is 5.32 Å². The lowest BCUT2D eigenvalue weighted by Crippen LogP contribution is -2.50. The Morgan fingerprint density at radius 2 is 1.75 bits per heavy atom. The van der Waals surface area contributed by atoms with Crippen molar-refractivity contribution in [1.82, 2.24) is 4.31 Å². The third-order valence-electron chi connectivity index (χ3n) is 4.68. The Balaban J connectivity index is 1.69. The summed E-state index contributed by atoms with van der Waals surface area (Å²) >= 11 is 7.04. The number of carbonyl (C=O) groups excluding carboxylic acids is 1. The van der Waals surface area contributed by atoms with Gasteiger partial charge >= 0.3 is 0 Å². The molecule has 1 aliphatic rings. The Morgan fingerprint density at radius 1 is 1.04 bits per heavy atom. The molecule has 1 amide bonds. The highest BCUT2D eigenvalue weighted by Crippen LogP contribution is 2.31. The van der Waals surface area contributed by atoms with Gasteiger partial charge in [0.1, 0.15) is 10.3 Å². The van der Waals surface area contributed by atoms with Crippen LogP contribution in [-0.4, -0.2) is 24.7 Å². The van der Waals surface area contributed by atoms with Crippen molar-refractivity contribution in [2.24, 2.45) is 0 Å². The van der Waals surface area contributed by atoms with E-state index >= 15 is 0 Å². The fourth-order valence-corrected chi connectivity index (χ4v) is 6.07. The van der Waals surface area contributed by atoms with Crippen LogP contribution in [0.2, 0.25) is 5.02 Å². The van der Waals surface area contributed by atoms with Crippen LogP contribution < -0.4 is 5.32 Å². The van der Waals surface area contributed by atoms with Crippen molar-refractivity contribution in [2.45, 2.75) is 23.2 Å². The zero-order valence-electron chi connectivity index (χ0n) is 14.7. The SMILES string of the molecule is O=C(Nc1ccc(Cl)cc1)[C@H]1Cc2ccccc2CN1S(=O)(=O)c1cccs1. The number of nitrogens with one attached hydrogen (secondary N) is 1. The largest absolute Gasteiger partial charge is 0.325 e. The second-order valence-corrected chi connectivity index (χ2v) is 9.97. The molecule has 2 aromatic carbocycles. The molecular formula is C20H17ClN2O3S2. The monoisotopic (exact) mass is 432 g/mol. The first-order valence-electron chi connectivity index (χ1n) is 8.64. The van der Waals surface area contributed by atoms with Crippen molar-refractivity contribution in [3.63, 3.8) is 0 Å². The van der Waals surface area contributed by atoms with Gasteiger partial charge in [-0.15, -0.1) is 11.3 Å². The third-order valence-corrected chi connectivity index (χ3v) is 8.16. The average Bonchev–Trinajstić information content (AvgIpc) is 3.24. The minimum atomic E-state index is -3.78. The molecule has 0 saturated heterocycles. The van der Waals surface area contributed by atoms with Crippen LogP contribution in [0.15, 0.2) is 70.3 Å². The molecule has 0 aliphatic carbocycles. The molecule has 0 spiro atoms. The number of halogens is 1. The molecule has 4 rings (SSSR count). The number of amides is 1. The van der Waals surface area contributed by atoms with Crippen LogP contribution in [0.3, 0.4) is 0 Å². The Bertz CT molecular complexity index is 1100. The molecular weight excluding hydrogens is 416 g/mol. The lowest BCUT2D eigenvalue weighted by Gasteiger charge is -2.34. The maximum atomic E-state index is 13.2. The lowest BCUT2D eigenvalue weighted by molar-refractivity contribution is -0.120. The second kappa shape index (κ2) is 7.67. The fraction of sp³-hybridized carbons (Fsp3) is 0.150. The van der Waals surface area contributed by atoms with E-state index in [-0.39, 0.29) is 16.7 Å². The predicted molar refractivity (Wildman–Crippen MR) is 111 cm³/mol. The summed E-state index contributed by atoms with van der Waals surface area (Å²) in [7, 11) is -3.78. The average molecular weight is 433 g/mol. The summed E-state index contributed by atoms with van der Waals surface area (Å²) in [5.74, 6) is -0.364. The zero-order chi connectivity index (χ0) is 19.7. The molecule has 5 nitrogen and oxygen atoms in total. The molecule has 0 saturated carbocycles. The smallest absolute Gasteiger partial charge is 0.253 e. The standard InChI is InChI=1S/C20H17ClN2O3S2/c21-16-7-9-17(10-8-16)22-20(24)18-12-14-4-1-2-5-15(14)13-23(18)28(25,26)19-6-3-11-27-19/h1-11,18H,12-13H2,(H,22,24)/t18-/m1/s1. The second-order valence-electron chi connectivity index (χ2n) is 6.47. The summed E-state index contributed by atoms with van der Waals surface area (Å²) in [6.45, 7) is 0.162. The van der Waals surface area contributed by atoms with E-state index < -0.39 is 16.1 Å². The summed E-state index contributed by atoms with van der Waals surface area (Å²) < 4.78 is 27.9. The van der Waals surface area contributed by atoms with E-state index in [9.17, 15) is 13.2 Å². The van der Waals surface area contributed by atoms with Gasteiger partial charge in [0.05, 0.1) is 0 Å². The van der Waals surface area contributed by atoms with Crippen LogP contribution in [0, 0.1) is 0 Å². The van der Waals surface area contributed by atoms with Gasteiger partial charge in [0.25, 0.3) is 10.0 Å². The highest BCUT2D eigenvalue weighted by molar-refractivity contribution is 7.91. The van der Waals surface area contributed by atoms with Gasteiger partial charge in [0, 0.05) is 17.3 Å². The molecule has 0 fully saturated rings. The van der Waals surface area contributed by atoms with Crippen LogP contribution in [0.4, 0.5) is 5.69 Å². The Morgan fingerprint density at radius 3 is 2.43 bits per heavy atom. The summed E-state index contributed by atoms with van der Waals surface area (Å²) in [5, 5.41) is 5.09. The Labute approximate surface area is 172 Å². The first kappa shape index (κ1) is 19.1. The molecule has 1 aliphatic heterocycles. The number of thiophene rings is 1. The molecule has 1 atom stereocenters. The normalized spacial score (nSPS) is 17.1. The number of carbonyl (C=O) groups is 1. The number of benzene rings is 2. The predicted octanol–water partition coefficient (Wildman–Crippen LogP) is 4.16. The number of hydrogen-bond donors (Lipinski definition) is 1. The maximum absolute atomic E-state index is 13.2. The number of nitrogens with zero attached hydrogens (tertiary/aromatic N) is 1. The molecule has 2 heterocycles. The highest BCUT2D eigenvalue weighted by atomic mass is 35.5. The summed E-state index contributed by atoms with van der Waals surface area (Å²) in [6.07, 6.45) is 0.320. The van der Waals surface area contributed by atoms with Gasteiger partial charge in [-0.3, -0.25) is 4.79 Å². The van der Waals surface area contributed by atoms with E-state index in [0.29, 0.717) is 17.1 Å². The van der Waals surface area contributed by atoms with E-state index in [1.54, 1.807) is 41.8 Å². The summed E-state index contributed by atoms with van der Waals surface area (Å²) in [4.78, 5) is 13.0. The van der Waals surface area contributed by atoms with Crippen LogP contribution >= 0.6 is 22.9 Å². The van der Waals surface area contributed by atoms with E-state index in [1.807, 2.05) is 24.3 Å². The first-order chi connectivity index (χ1) is 13.4. The van der Waals surface area contributed by atoms with E-state index in [0.717, 1.165) is 22.5 Å². The highest BCUT2D eigenvalue weighted by Gasteiger charge is 2.40. The fourth-order valence-electron chi connectivity index (χ4n) is 3.26. The van der Waals surface area contributed by atoms with Crippen molar-refractivity contribution in [3.05, 3.63) is 82.2 Å². The topological polar surface area (TPSA) is 66.5 Å². The first-order valence-corrected chi connectivity index (χ1v) is 11.3. The Hall–Kier alpha value is -2.19. The number of fused-ring (bicyclic) bond motifs is 1. The van der Waals surface area contributed by atoms with Crippen LogP contribution in [-0.2, 0) is 27.8 Å². The minimum absolute atomic E-state index is 0.162. The van der Waals surface area contributed by atoms with E-state index in [4.69, 9.17) is 11.6 Å². The van der Waals surface area contributed by atoms with Crippen molar-refractivity contribution >= 4 is 44.6 Å². The molecule has 0 unspecified atom stereocenters. The molecule has 1 aromatic heterocycles. The van der Waals surface area contributed by atoms with Crippen molar-refractivity contribution in [1.29, 1.82) is 0 Å². The Kier molecular flexibility index (Phi) is 5.25. The van der Waals surface area contributed by atoms with Crippen LogP contribution in [0.5, 0.6) is 0 Å². The van der Waals surface area contributed by atoms with Gasteiger partial charge in [-0.1, -0.05) is 41.9 Å². The molecule has 3 aromatic rings. The molecule has 28 heavy (non-hydrogen) atoms. The molecule has 0 radical (unpaired) electrons.